The summed E-state index contributed by atoms with van der Waals surface area (Å²) in [4.78, 5) is 13.3. The number of alkyl halides is 4. The van der Waals surface area contributed by atoms with E-state index in [0.717, 1.165) is 25.5 Å². The molecule has 3 N–H and O–H groups in total. The predicted molar refractivity (Wildman–Crippen MR) is 144 cm³/mol. The Balaban J connectivity index is 1.38. The highest BCUT2D eigenvalue weighted by Gasteiger charge is 2.49. The molecule has 4 aliphatic rings. The van der Waals surface area contributed by atoms with Gasteiger partial charge in [0.15, 0.2) is 5.82 Å². The molecule has 0 bridgehead atoms. The molecule has 1 aromatic heterocycles. The van der Waals surface area contributed by atoms with Crippen LogP contribution in [0.5, 0.6) is 6.01 Å². The van der Waals surface area contributed by atoms with E-state index in [-0.39, 0.29) is 37.8 Å². The molecule has 2 unspecified atom stereocenters. The number of aliphatic hydroxyl groups is 1. The largest absolute Gasteiger partial charge is 0.461 e. The van der Waals surface area contributed by atoms with E-state index in [4.69, 9.17) is 15.2 Å². The van der Waals surface area contributed by atoms with Crippen LogP contribution in [0.25, 0.3) is 0 Å². The van der Waals surface area contributed by atoms with Crippen molar-refractivity contribution in [3.8, 4) is 6.01 Å². The van der Waals surface area contributed by atoms with Gasteiger partial charge in [0.1, 0.15) is 18.6 Å². The van der Waals surface area contributed by atoms with Gasteiger partial charge in [0.05, 0.1) is 40.8 Å². The molecule has 13 heteroatoms. The van der Waals surface area contributed by atoms with E-state index < -0.39 is 52.2 Å². The molecular weight excluding hydrogens is 561 g/mol. The Bertz CT molecular complexity index is 1370. The molecule has 1 aromatic carbocycles. The molecule has 4 aliphatic heterocycles. The van der Waals surface area contributed by atoms with Gasteiger partial charge in [0.2, 0.25) is 0 Å². The number of benzene rings is 1. The van der Waals surface area contributed by atoms with E-state index in [1.165, 1.54) is 6.92 Å². The minimum atomic E-state index is -4.83. The Kier molecular flexibility index (Phi) is 7.29. The summed E-state index contributed by atoms with van der Waals surface area (Å²) in [6, 6.07) is 0.988. The second-order valence-corrected chi connectivity index (χ2v) is 12.5. The molecule has 6 rings (SSSR count). The highest BCUT2D eigenvalue weighted by Crippen LogP contribution is 2.45. The average Bonchev–Trinajstić information content (AvgIpc) is 3.43. The number of nitrogens with zero attached hydrogens (tertiary/aromatic N) is 4. The van der Waals surface area contributed by atoms with E-state index >= 15 is 4.39 Å². The number of hydrogen-bond acceptors (Lipinski definition) is 8. The molecule has 0 aliphatic carbocycles. The molecule has 0 spiro atoms. The van der Waals surface area contributed by atoms with Crippen molar-refractivity contribution >= 4 is 11.5 Å². The van der Waals surface area contributed by atoms with Gasteiger partial charge in [0, 0.05) is 43.6 Å². The van der Waals surface area contributed by atoms with Crippen molar-refractivity contribution in [1.82, 2.24) is 14.9 Å². The maximum atomic E-state index is 15.3. The summed E-state index contributed by atoms with van der Waals surface area (Å²) in [5.74, 6) is -0.703. The molecule has 5 heterocycles. The van der Waals surface area contributed by atoms with Crippen molar-refractivity contribution in [3.05, 3.63) is 39.8 Å². The lowest BCUT2D eigenvalue weighted by Gasteiger charge is -2.39. The number of hydrogen-bond donors (Lipinski definition) is 2. The van der Waals surface area contributed by atoms with Crippen LogP contribution in [0.15, 0.2) is 6.07 Å². The van der Waals surface area contributed by atoms with Crippen LogP contribution in [0.3, 0.4) is 0 Å². The molecule has 2 aromatic rings. The zero-order chi connectivity index (χ0) is 30.0. The van der Waals surface area contributed by atoms with Crippen LogP contribution in [0.1, 0.15) is 73.1 Å². The van der Waals surface area contributed by atoms with Gasteiger partial charge in [-0.3, -0.25) is 4.90 Å². The minimum absolute atomic E-state index is 0.0124. The van der Waals surface area contributed by atoms with Crippen LogP contribution in [0.2, 0.25) is 0 Å². The molecule has 230 valence electrons. The molecule has 0 saturated carbocycles. The van der Waals surface area contributed by atoms with Crippen LogP contribution in [0, 0.1) is 12.7 Å². The first kappa shape index (κ1) is 29.3. The zero-order valence-electron chi connectivity index (χ0n) is 23.7. The zero-order valence-corrected chi connectivity index (χ0v) is 23.7. The first-order valence-corrected chi connectivity index (χ1v) is 14.4. The monoisotopic (exact) mass is 597 g/mol. The molecule has 3 saturated heterocycles. The van der Waals surface area contributed by atoms with Crippen LogP contribution >= 0.6 is 0 Å². The van der Waals surface area contributed by atoms with Crippen molar-refractivity contribution in [2.75, 3.05) is 43.4 Å². The lowest BCUT2D eigenvalue weighted by molar-refractivity contribution is -0.140. The second kappa shape index (κ2) is 10.4. The third-order valence-corrected chi connectivity index (χ3v) is 9.19. The minimum Gasteiger partial charge on any atom is -0.461 e. The number of aromatic nitrogens is 2. The van der Waals surface area contributed by atoms with E-state index in [2.05, 4.69) is 14.9 Å². The molecule has 0 amide bonds. The fourth-order valence-corrected chi connectivity index (χ4v) is 7.32. The Labute approximate surface area is 241 Å². The Hall–Kier alpha value is -2.77. The number of fused-ring (bicyclic) bond motifs is 2. The standard InChI is InChI=1S/C29H36F5N5O3/c1-16-9-19(35)24(31)22(23(16)29(32,33)34)21-10-20-18(13-41-21)25(38-7-3-5-27(2,40)14-38)37-26(36-20)42-15-28-6-4-8-39(28)12-17(30)11-28/h9,17,21,40H,3-8,10-15,35H2,1-2H3/t17-,21?,27?,28+/m1/s1. The summed E-state index contributed by atoms with van der Waals surface area (Å²) >= 11 is 0. The highest BCUT2D eigenvalue weighted by molar-refractivity contribution is 5.55. The molecule has 3 fully saturated rings. The van der Waals surface area contributed by atoms with Gasteiger partial charge in [-0.15, -0.1) is 0 Å². The van der Waals surface area contributed by atoms with Crippen molar-refractivity contribution in [3.63, 3.8) is 0 Å². The van der Waals surface area contributed by atoms with Gasteiger partial charge in [-0.05, 0) is 57.7 Å². The Morgan fingerprint density at radius 2 is 1.98 bits per heavy atom. The van der Waals surface area contributed by atoms with E-state index in [1.807, 2.05) is 4.90 Å². The number of halogens is 5. The summed E-state index contributed by atoms with van der Waals surface area (Å²) in [6.07, 6.45) is -3.87. The number of rotatable bonds is 5. The van der Waals surface area contributed by atoms with Gasteiger partial charge in [-0.2, -0.15) is 23.1 Å². The number of aryl methyl sites for hydroxylation is 1. The number of piperidine rings is 1. The van der Waals surface area contributed by atoms with E-state index in [9.17, 15) is 22.7 Å². The summed E-state index contributed by atoms with van der Waals surface area (Å²) in [7, 11) is 0. The number of ether oxygens (including phenoxy) is 2. The van der Waals surface area contributed by atoms with Gasteiger partial charge in [-0.25, -0.2) is 8.78 Å². The second-order valence-electron chi connectivity index (χ2n) is 12.5. The molecule has 4 atom stereocenters. The van der Waals surface area contributed by atoms with Crippen LogP contribution in [0.4, 0.5) is 33.5 Å². The SMILES string of the molecule is Cc1cc(N)c(F)c(C2Cc3nc(OC[C@@]45CCCN4C[C@H](F)C5)nc(N4CCCC(C)(O)C4)c3CO2)c1C(F)(F)F. The van der Waals surface area contributed by atoms with Crippen molar-refractivity contribution in [2.45, 2.75) is 88.6 Å². The molecular formula is C29H36F5N5O3. The number of β-amino-alcohol motifs (C(OH)–C–C–N with tert-alkyl or cyclic N) is 1. The third kappa shape index (κ3) is 5.28. The van der Waals surface area contributed by atoms with Gasteiger partial charge in [0.25, 0.3) is 0 Å². The first-order chi connectivity index (χ1) is 19.8. The van der Waals surface area contributed by atoms with Crippen molar-refractivity contribution in [1.29, 1.82) is 0 Å². The molecule has 0 radical (unpaired) electrons. The summed E-state index contributed by atoms with van der Waals surface area (Å²) in [5.41, 5.74) is 2.91. The predicted octanol–water partition coefficient (Wildman–Crippen LogP) is 4.65. The molecule has 42 heavy (non-hydrogen) atoms. The summed E-state index contributed by atoms with van der Waals surface area (Å²) in [6.45, 7) is 4.99. The van der Waals surface area contributed by atoms with Crippen LogP contribution < -0.4 is 15.4 Å². The quantitative estimate of drug-likeness (QED) is 0.380. The lowest BCUT2D eigenvalue weighted by Crippen LogP contribution is -2.47. The van der Waals surface area contributed by atoms with E-state index in [1.54, 1.807) is 6.92 Å². The summed E-state index contributed by atoms with van der Waals surface area (Å²) < 4.78 is 84.0. The smallest absolute Gasteiger partial charge is 0.417 e. The first-order valence-electron chi connectivity index (χ1n) is 14.4. The third-order valence-electron chi connectivity index (χ3n) is 9.19. The number of nitrogen functional groups attached to an aromatic ring is 1. The van der Waals surface area contributed by atoms with Crippen LogP contribution in [-0.4, -0.2) is 70.1 Å². The van der Waals surface area contributed by atoms with Crippen LogP contribution in [-0.2, 0) is 23.9 Å². The maximum Gasteiger partial charge on any atom is 0.417 e. The lowest BCUT2D eigenvalue weighted by atomic mass is 9.91. The highest BCUT2D eigenvalue weighted by atomic mass is 19.4. The Morgan fingerprint density at radius 1 is 1.21 bits per heavy atom. The normalized spacial score (nSPS) is 30.0. The Morgan fingerprint density at radius 3 is 2.71 bits per heavy atom. The fourth-order valence-electron chi connectivity index (χ4n) is 7.32. The van der Waals surface area contributed by atoms with Gasteiger partial charge in [-0.1, -0.05) is 0 Å². The maximum absolute atomic E-state index is 15.3. The number of nitrogens with two attached hydrogens (primary N) is 1. The van der Waals surface area contributed by atoms with Gasteiger partial charge < -0.3 is 25.2 Å². The average molecular weight is 598 g/mol. The summed E-state index contributed by atoms with van der Waals surface area (Å²) in [5, 5.41) is 10.8. The van der Waals surface area contributed by atoms with E-state index in [0.29, 0.717) is 49.4 Å². The van der Waals surface area contributed by atoms with Crippen molar-refractivity contribution in [2.24, 2.45) is 0 Å². The van der Waals surface area contributed by atoms with Crippen molar-refractivity contribution < 1.29 is 36.5 Å². The number of anilines is 2. The topological polar surface area (TPSA) is 97.0 Å². The fraction of sp³-hybridized carbons (Fsp3) is 0.655. The molecule has 8 nitrogen and oxygen atoms in total. The van der Waals surface area contributed by atoms with Gasteiger partial charge >= 0.3 is 12.2 Å².